The second kappa shape index (κ2) is 9.64. The van der Waals surface area contributed by atoms with Crippen LogP contribution in [0.5, 0.6) is 5.75 Å². The largest absolute Gasteiger partial charge is 0.487 e. The number of hydrogen-bond acceptors (Lipinski definition) is 6. The Kier molecular flexibility index (Phi) is 6.48. The summed E-state index contributed by atoms with van der Waals surface area (Å²) >= 11 is 0. The van der Waals surface area contributed by atoms with E-state index in [0.29, 0.717) is 34.8 Å². The molecule has 2 N–H and O–H groups in total. The molecule has 0 saturated heterocycles. The number of carbonyl (C=O) groups excluding carboxylic acids is 3. The molecule has 4 rings (SSSR count). The molecule has 0 unspecified atom stereocenters. The van der Waals surface area contributed by atoms with E-state index >= 15 is 0 Å². The molecule has 0 aliphatic heterocycles. The van der Waals surface area contributed by atoms with Gasteiger partial charge in [0.05, 0.1) is 5.69 Å². The summed E-state index contributed by atoms with van der Waals surface area (Å²) < 4.78 is 7.44. The second-order valence-electron chi connectivity index (χ2n) is 7.82. The standard InChI is InChI=1S/C24H25N5O4/c1-3-25-23(31)16-7-11-19(12-8-16)29-21(22(27-28-29)24(32)26-18-9-10-18)14-33-20-6-4-5-17(13-20)15(2)30/h4-8,11-13,18H,3,9-10,14H2,1-2H3,(H,25,31)(H,26,32). The van der Waals surface area contributed by atoms with Crippen molar-refractivity contribution in [3.05, 3.63) is 71.0 Å². The van der Waals surface area contributed by atoms with Crippen molar-refractivity contribution in [1.82, 2.24) is 25.6 Å². The summed E-state index contributed by atoms with van der Waals surface area (Å²) in [5, 5.41) is 14.0. The fraction of sp³-hybridized carbons (Fsp3) is 0.292. The van der Waals surface area contributed by atoms with E-state index in [9.17, 15) is 14.4 Å². The van der Waals surface area contributed by atoms with Crippen LogP contribution < -0.4 is 15.4 Å². The van der Waals surface area contributed by atoms with E-state index in [1.54, 1.807) is 48.5 Å². The second-order valence-corrected chi connectivity index (χ2v) is 7.82. The third-order valence-corrected chi connectivity index (χ3v) is 5.22. The zero-order valence-corrected chi connectivity index (χ0v) is 18.5. The maximum absolute atomic E-state index is 12.8. The normalized spacial score (nSPS) is 12.8. The van der Waals surface area contributed by atoms with Gasteiger partial charge >= 0.3 is 0 Å². The lowest BCUT2D eigenvalue weighted by atomic mass is 10.1. The number of nitrogens with zero attached hydrogens (tertiary/aromatic N) is 3. The average Bonchev–Trinajstić information content (AvgIpc) is 3.53. The predicted molar refractivity (Wildman–Crippen MR) is 121 cm³/mol. The number of carbonyl (C=O) groups is 3. The first-order valence-corrected chi connectivity index (χ1v) is 10.8. The van der Waals surface area contributed by atoms with Crippen molar-refractivity contribution in [2.24, 2.45) is 0 Å². The molecule has 1 aromatic heterocycles. The smallest absolute Gasteiger partial charge is 0.274 e. The van der Waals surface area contributed by atoms with Gasteiger partial charge < -0.3 is 15.4 Å². The summed E-state index contributed by atoms with van der Waals surface area (Å²) in [6.07, 6.45) is 1.90. The highest BCUT2D eigenvalue weighted by molar-refractivity contribution is 5.95. The summed E-state index contributed by atoms with van der Waals surface area (Å²) in [4.78, 5) is 36.5. The fourth-order valence-electron chi connectivity index (χ4n) is 3.27. The van der Waals surface area contributed by atoms with Crippen molar-refractivity contribution in [3.63, 3.8) is 0 Å². The Balaban J connectivity index is 1.62. The molecule has 33 heavy (non-hydrogen) atoms. The predicted octanol–water partition coefficient (Wildman–Crippen LogP) is 2.69. The highest BCUT2D eigenvalue weighted by Crippen LogP contribution is 2.22. The van der Waals surface area contributed by atoms with Crippen LogP contribution in [0, 0.1) is 0 Å². The zero-order valence-electron chi connectivity index (χ0n) is 18.5. The van der Waals surface area contributed by atoms with Gasteiger partial charge in [-0.05, 0) is 63.1 Å². The van der Waals surface area contributed by atoms with Crippen LogP contribution in [0.15, 0.2) is 48.5 Å². The molecule has 1 aliphatic rings. The molecule has 0 atom stereocenters. The molecule has 2 aromatic carbocycles. The molecule has 1 fully saturated rings. The maximum Gasteiger partial charge on any atom is 0.274 e. The van der Waals surface area contributed by atoms with E-state index < -0.39 is 0 Å². The minimum atomic E-state index is -0.307. The van der Waals surface area contributed by atoms with Gasteiger partial charge in [-0.3, -0.25) is 14.4 Å². The first-order chi connectivity index (χ1) is 16.0. The summed E-state index contributed by atoms with van der Waals surface area (Å²) in [5.74, 6) is -0.0423. The molecule has 0 bridgehead atoms. The Morgan fingerprint density at radius 3 is 2.48 bits per heavy atom. The topological polar surface area (TPSA) is 115 Å². The van der Waals surface area contributed by atoms with Crippen LogP contribution in [0.3, 0.4) is 0 Å². The quantitative estimate of drug-likeness (QED) is 0.488. The number of Topliss-reactive ketones (excluding diaryl/α,β-unsaturated/α-hetero) is 1. The SMILES string of the molecule is CCNC(=O)c1ccc(-n2nnc(C(=O)NC3CC3)c2COc2cccc(C(C)=O)c2)cc1. The van der Waals surface area contributed by atoms with Gasteiger partial charge in [-0.1, -0.05) is 17.3 Å². The van der Waals surface area contributed by atoms with Gasteiger partial charge in [-0.2, -0.15) is 0 Å². The summed E-state index contributed by atoms with van der Waals surface area (Å²) in [6, 6.07) is 13.9. The Labute approximate surface area is 191 Å². The Morgan fingerprint density at radius 2 is 1.82 bits per heavy atom. The number of rotatable bonds is 9. The highest BCUT2D eigenvalue weighted by Gasteiger charge is 2.28. The van der Waals surface area contributed by atoms with Crippen molar-refractivity contribution >= 4 is 17.6 Å². The number of ether oxygens (including phenoxy) is 1. The van der Waals surface area contributed by atoms with Crippen molar-refractivity contribution in [1.29, 1.82) is 0 Å². The van der Waals surface area contributed by atoms with E-state index in [2.05, 4.69) is 20.9 Å². The van der Waals surface area contributed by atoms with Crippen LogP contribution in [0.4, 0.5) is 0 Å². The van der Waals surface area contributed by atoms with Gasteiger partial charge in [0.2, 0.25) is 0 Å². The summed E-state index contributed by atoms with van der Waals surface area (Å²) in [7, 11) is 0. The Hall–Kier alpha value is -4.01. The molecule has 170 valence electrons. The van der Waals surface area contributed by atoms with Crippen LogP contribution in [-0.2, 0) is 6.61 Å². The summed E-state index contributed by atoms with van der Waals surface area (Å²) in [5.41, 5.74) is 2.33. The lowest BCUT2D eigenvalue weighted by molar-refractivity contribution is 0.0939. The molecule has 0 spiro atoms. The maximum atomic E-state index is 12.8. The number of ketones is 1. The van der Waals surface area contributed by atoms with Crippen molar-refractivity contribution in [2.45, 2.75) is 39.3 Å². The average molecular weight is 447 g/mol. The third-order valence-electron chi connectivity index (χ3n) is 5.22. The first kappa shape index (κ1) is 22.2. The van der Waals surface area contributed by atoms with Crippen LogP contribution in [0.25, 0.3) is 5.69 Å². The third kappa shape index (κ3) is 5.25. The number of aromatic nitrogens is 3. The van der Waals surface area contributed by atoms with E-state index in [1.165, 1.54) is 11.6 Å². The number of benzene rings is 2. The number of amides is 2. The number of hydrogen-bond donors (Lipinski definition) is 2. The molecule has 9 nitrogen and oxygen atoms in total. The lowest BCUT2D eigenvalue weighted by Gasteiger charge is -2.11. The molecule has 3 aromatic rings. The van der Waals surface area contributed by atoms with Crippen LogP contribution in [0.2, 0.25) is 0 Å². The molecule has 1 aliphatic carbocycles. The zero-order chi connectivity index (χ0) is 23.4. The van der Waals surface area contributed by atoms with Gasteiger partial charge in [0.15, 0.2) is 11.5 Å². The van der Waals surface area contributed by atoms with Crippen LogP contribution in [0.1, 0.15) is 63.6 Å². The van der Waals surface area contributed by atoms with E-state index in [4.69, 9.17) is 4.74 Å². The molecule has 1 heterocycles. The van der Waals surface area contributed by atoms with Gasteiger partial charge in [0.25, 0.3) is 11.8 Å². The molecule has 9 heteroatoms. The molecule has 2 amide bonds. The van der Waals surface area contributed by atoms with Crippen LogP contribution in [-0.4, -0.2) is 45.2 Å². The van der Waals surface area contributed by atoms with Gasteiger partial charge in [-0.25, -0.2) is 4.68 Å². The van der Waals surface area contributed by atoms with E-state index in [0.717, 1.165) is 12.8 Å². The number of nitrogens with one attached hydrogen (secondary N) is 2. The van der Waals surface area contributed by atoms with E-state index in [1.807, 2.05) is 6.92 Å². The van der Waals surface area contributed by atoms with Gasteiger partial charge in [-0.15, -0.1) is 5.10 Å². The molecule has 0 radical (unpaired) electrons. The van der Waals surface area contributed by atoms with Crippen molar-refractivity contribution in [2.75, 3.05) is 6.54 Å². The highest BCUT2D eigenvalue weighted by atomic mass is 16.5. The minimum Gasteiger partial charge on any atom is -0.487 e. The molecular formula is C24H25N5O4. The summed E-state index contributed by atoms with van der Waals surface area (Å²) in [6.45, 7) is 3.90. The molecular weight excluding hydrogens is 422 g/mol. The monoisotopic (exact) mass is 447 g/mol. The lowest BCUT2D eigenvalue weighted by Crippen LogP contribution is -2.27. The van der Waals surface area contributed by atoms with E-state index in [-0.39, 0.29) is 35.9 Å². The van der Waals surface area contributed by atoms with Crippen molar-refractivity contribution in [3.8, 4) is 11.4 Å². The first-order valence-electron chi connectivity index (χ1n) is 10.8. The Bertz CT molecular complexity index is 1180. The fourth-order valence-corrected chi connectivity index (χ4v) is 3.27. The van der Waals surface area contributed by atoms with Crippen LogP contribution >= 0.6 is 0 Å². The molecule has 1 saturated carbocycles. The Morgan fingerprint density at radius 1 is 1.06 bits per heavy atom. The van der Waals surface area contributed by atoms with Gasteiger partial charge in [0.1, 0.15) is 18.1 Å². The van der Waals surface area contributed by atoms with Crippen molar-refractivity contribution < 1.29 is 19.1 Å². The minimum absolute atomic E-state index is 0.0137. The van der Waals surface area contributed by atoms with Gasteiger partial charge in [0, 0.05) is 23.7 Å².